The molecule has 2 nitrogen and oxygen atoms in total. The highest BCUT2D eigenvalue weighted by Gasteiger charge is 2.23. The van der Waals surface area contributed by atoms with E-state index in [2.05, 4.69) is 66.3 Å². The van der Waals surface area contributed by atoms with Gasteiger partial charge in [0.25, 0.3) is 0 Å². The van der Waals surface area contributed by atoms with Crippen LogP contribution in [-0.4, -0.2) is 4.98 Å². The molecule has 2 rings (SSSR count). The van der Waals surface area contributed by atoms with Gasteiger partial charge >= 0.3 is 0 Å². The predicted octanol–water partition coefficient (Wildman–Crippen LogP) is 3.52. The Bertz CT molecular complexity index is 433. The number of nitrogens with zero attached hydrogens (tertiary/aromatic N) is 1. The molecule has 2 unspecified atom stereocenters. The Morgan fingerprint density at radius 1 is 1.11 bits per heavy atom. The number of hydrogen-bond acceptors (Lipinski definition) is 0. The average molecular weight is 243 g/mol. The van der Waals surface area contributed by atoms with E-state index >= 15 is 0 Å². The maximum atomic E-state index is 3.15. The lowest BCUT2D eigenvalue weighted by molar-refractivity contribution is -0.729. The molecule has 0 saturated heterocycles. The monoisotopic (exact) mass is 243 g/mol. The molecule has 0 aliphatic carbocycles. The summed E-state index contributed by atoms with van der Waals surface area (Å²) in [5.41, 5.74) is 1.44. The third-order valence-corrected chi connectivity index (χ3v) is 3.78. The van der Waals surface area contributed by atoms with E-state index < -0.39 is 0 Å². The highest BCUT2D eigenvalue weighted by Crippen LogP contribution is 2.23. The van der Waals surface area contributed by atoms with Crippen molar-refractivity contribution in [2.75, 3.05) is 0 Å². The zero-order valence-corrected chi connectivity index (χ0v) is 11.3. The summed E-state index contributed by atoms with van der Waals surface area (Å²) >= 11 is 0. The summed E-state index contributed by atoms with van der Waals surface area (Å²) in [6.07, 6.45) is 9.76. The van der Waals surface area contributed by atoms with Gasteiger partial charge in [0.2, 0.25) is 6.33 Å². The van der Waals surface area contributed by atoms with Gasteiger partial charge in [0.15, 0.2) is 0 Å². The topological polar surface area (TPSA) is 19.7 Å². The summed E-state index contributed by atoms with van der Waals surface area (Å²) in [5, 5.41) is 0. The number of rotatable bonds is 6. The van der Waals surface area contributed by atoms with Gasteiger partial charge in [-0.3, -0.25) is 4.98 Å². The van der Waals surface area contributed by atoms with Gasteiger partial charge in [-0.15, -0.1) is 0 Å². The molecule has 2 aromatic rings. The molecule has 1 aromatic carbocycles. The van der Waals surface area contributed by atoms with Crippen LogP contribution in [0, 0.1) is 5.92 Å². The zero-order valence-electron chi connectivity index (χ0n) is 11.3. The van der Waals surface area contributed by atoms with Crippen LogP contribution >= 0.6 is 0 Å². The first-order valence-electron chi connectivity index (χ1n) is 6.92. The molecule has 0 aliphatic rings. The Balaban J connectivity index is 2.12. The highest BCUT2D eigenvalue weighted by molar-refractivity contribution is 5.15. The number of aromatic amines is 1. The van der Waals surface area contributed by atoms with Gasteiger partial charge in [-0.2, -0.15) is 0 Å². The lowest BCUT2D eigenvalue weighted by atomic mass is 9.88. The predicted molar refractivity (Wildman–Crippen MR) is 74.2 cm³/mol. The van der Waals surface area contributed by atoms with Crippen LogP contribution in [0.5, 0.6) is 0 Å². The number of benzene rings is 1. The smallest absolute Gasteiger partial charge is 0.241 e. The minimum absolute atomic E-state index is 0.585. The Morgan fingerprint density at radius 2 is 1.89 bits per heavy atom. The number of H-pyrrole nitrogens is 1. The molecule has 96 valence electrons. The molecule has 0 spiro atoms. The van der Waals surface area contributed by atoms with E-state index in [0.717, 1.165) is 6.42 Å². The van der Waals surface area contributed by atoms with Crippen LogP contribution in [0.3, 0.4) is 0 Å². The van der Waals surface area contributed by atoms with E-state index in [-0.39, 0.29) is 0 Å². The maximum Gasteiger partial charge on any atom is 0.241 e. The van der Waals surface area contributed by atoms with Crippen molar-refractivity contribution in [1.29, 1.82) is 0 Å². The molecule has 1 heterocycles. The molecule has 0 amide bonds. The molecule has 0 fully saturated rings. The van der Waals surface area contributed by atoms with Gasteiger partial charge in [-0.05, 0) is 24.8 Å². The van der Waals surface area contributed by atoms with Crippen molar-refractivity contribution in [1.82, 2.24) is 4.98 Å². The summed E-state index contributed by atoms with van der Waals surface area (Å²) in [6, 6.07) is 11.4. The minimum atomic E-state index is 0.585. The molecule has 1 N–H and O–H groups in total. The van der Waals surface area contributed by atoms with Crippen molar-refractivity contribution in [3.05, 3.63) is 54.6 Å². The van der Waals surface area contributed by atoms with Crippen molar-refractivity contribution >= 4 is 0 Å². The highest BCUT2D eigenvalue weighted by atomic mass is 15.1. The normalized spacial score (nSPS) is 14.3. The molecule has 2 heteroatoms. The molecular formula is C16H23N2+. The fourth-order valence-electron chi connectivity index (χ4n) is 2.76. The van der Waals surface area contributed by atoms with E-state index in [9.17, 15) is 0 Å². The van der Waals surface area contributed by atoms with Gasteiger partial charge in [-0.1, -0.05) is 44.2 Å². The third-order valence-electron chi connectivity index (χ3n) is 3.78. The molecule has 18 heavy (non-hydrogen) atoms. The summed E-state index contributed by atoms with van der Waals surface area (Å²) in [4.78, 5) is 3.15. The van der Waals surface area contributed by atoms with Crippen molar-refractivity contribution in [2.24, 2.45) is 5.92 Å². The van der Waals surface area contributed by atoms with Crippen molar-refractivity contribution in [3.8, 4) is 0 Å². The van der Waals surface area contributed by atoms with Gasteiger partial charge < -0.3 is 0 Å². The van der Waals surface area contributed by atoms with Crippen LogP contribution in [0.25, 0.3) is 0 Å². The summed E-state index contributed by atoms with van der Waals surface area (Å²) in [6.45, 7) is 4.57. The van der Waals surface area contributed by atoms with Crippen LogP contribution in [0.2, 0.25) is 0 Å². The SMILES string of the molecule is CCC(Cc1ccccc1)C(CC)[n+]1cc[nH]c1. The van der Waals surface area contributed by atoms with Gasteiger partial charge in [0.05, 0.1) is 0 Å². The standard InChI is InChI=1S/C16H22N2/c1-3-15(12-14-8-6-5-7-9-14)16(4-2)18-11-10-17-13-18/h5-11,13,15-16H,3-4,12H2,1-2H3/p+1. The number of aromatic nitrogens is 2. The van der Waals surface area contributed by atoms with Crippen LogP contribution in [-0.2, 0) is 6.42 Å². The van der Waals surface area contributed by atoms with Crippen LogP contribution in [0.15, 0.2) is 49.1 Å². The van der Waals surface area contributed by atoms with E-state index in [1.54, 1.807) is 0 Å². The van der Waals surface area contributed by atoms with Crippen molar-refractivity contribution in [2.45, 2.75) is 39.2 Å². The number of imidazole rings is 1. The second-order valence-electron chi connectivity index (χ2n) is 4.89. The molecule has 0 aliphatic heterocycles. The van der Waals surface area contributed by atoms with Crippen LogP contribution in [0.1, 0.15) is 38.3 Å². The first-order valence-corrected chi connectivity index (χ1v) is 6.92. The Labute approximate surface area is 110 Å². The molecule has 0 radical (unpaired) electrons. The third kappa shape index (κ3) is 3.00. The lowest BCUT2D eigenvalue weighted by Crippen LogP contribution is -2.41. The fourth-order valence-corrected chi connectivity index (χ4v) is 2.76. The Morgan fingerprint density at radius 3 is 2.44 bits per heavy atom. The average Bonchev–Trinajstić information content (AvgIpc) is 2.93. The van der Waals surface area contributed by atoms with E-state index in [4.69, 9.17) is 0 Å². The Kier molecular flexibility index (Phi) is 4.57. The molecule has 2 atom stereocenters. The van der Waals surface area contributed by atoms with E-state index in [1.807, 2.05) is 6.20 Å². The van der Waals surface area contributed by atoms with Crippen molar-refractivity contribution in [3.63, 3.8) is 0 Å². The first-order chi connectivity index (χ1) is 8.85. The molecular weight excluding hydrogens is 220 g/mol. The first kappa shape index (κ1) is 12.9. The van der Waals surface area contributed by atoms with E-state index in [0.29, 0.717) is 12.0 Å². The zero-order chi connectivity index (χ0) is 12.8. The van der Waals surface area contributed by atoms with Gasteiger partial charge in [0, 0.05) is 5.92 Å². The summed E-state index contributed by atoms with van der Waals surface area (Å²) < 4.78 is 2.32. The Hall–Kier alpha value is -1.57. The minimum Gasteiger partial charge on any atom is -0.250 e. The lowest BCUT2D eigenvalue weighted by Gasteiger charge is -2.22. The van der Waals surface area contributed by atoms with Crippen LogP contribution in [0.4, 0.5) is 0 Å². The number of hydrogen-bond donors (Lipinski definition) is 1. The maximum absolute atomic E-state index is 3.15. The van der Waals surface area contributed by atoms with Crippen LogP contribution < -0.4 is 4.57 Å². The summed E-state index contributed by atoms with van der Waals surface area (Å²) in [5.74, 6) is 0.693. The second kappa shape index (κ2) is 6.39. The van der Waals surface area contributed by atoms with Gasteiger partial charge in [-0.25, -0.2) is 4.57 Å². The molecule has 0 bridgehead atoms. The number of nitrogens with one attached hydrogen (secondary N) is 1. The second-order valence-corrected chi connectivity index (χ2v) is 4.89. The van der Waals surface area contributed by atoms with Crippen molar-refractivity contribution < 1.29 is 4.57 Å². The molecule has 0 saturated carbocycles. The van der Waals surface area contributed by atoms with Gasteiger partial charge in [0.1, 0.15) is 18.4 Å². The van der Waals surface area contributed by atoms with E-state index in [1.165, 1.54) is 18.4 Å². The molecule has 1 aromatic heterocycles. The quantitative estimate of drug-likeness (QED) is 0.749. The summed E-state index contributed by atoms with van der Waals surface area (Å²) in [7, 11) is 0. The largest absolute Gasteiger partial charge is 0.250 e. The fraction of sp³-hybridized carbons (Fsp3) is 0.438.